The van der Waals surface area contributed by atoms with Crippen LogP contribution in [0.25, 0.3) is 0 Å². The summed E-state index contributed by atoms with van der Waals surface area (Å²) >= 11 is 17.3. The Kier molecular flexibility index (Phi) is 5.44. The predicted molar refractivity (Wildman–Crippen MR) is 82.4 cm³/mol. The topological polar surface area (TPSA) is 52.6 Å². The fourth-order valence-electron chi connectivity index (χ4n) is 1.57. The third-order valence-electron chi connectivity index (χ3n) is 2.50. The number of rotatable bonds is 4. The van der Waals surface area contributed by atoms with E-state index >= 15 is 0 Å². The first-order chi connectivity index (χ1) is 11.0. The zero-order valence-corrected chi connectivity index (χ0v) is 14.4. The number of benzene rings is 2. The molecule has 11 heteroatoms. The molecule has 0 fully saturated rings. The van der Waals surface area contributed by atoms with E-state index in [0.717, 1.165) is 24.3 Å². The quantitative estimate of drug-likeness (QED) is 0.628. The van der Waals surface area contributed by atoms with Gasteiger partial charge in [-0.25, -0.2) is 0 Å². The Balaban J connectivity index is 2.28. The maximum atomic E-state index is 12.2. The molecule has 2 aromatic rings. The molecular formula is C13H6Cl3F3O4S. The lowest BCUT2D eigenvalue weighted by molar-refractivity contribution is -0.274. The van der Waals surface area contributed by atoms with Crippen LogP contribution < -0.4 is 8.92 Å². The van der Waals surface area contributed by atoms with E-state index in [1.165, 1.54) is 12.1 Å². The predicted octanol–water partition coefficient (Wildman–Crippen LogP) is 5.31. The van der Waals surface area contributed by atoms with Gasteiger partial charge in [0.05, 0.1) is 10.0 Å². The highest BCUT2D eigenvalue weighted by Crippen LogP contribution is 2.37. The zero-order chi connectivity index (χ0) is 18.1. The summed E-state index contributed by atoms with van der Waals surface area (Å²) in [5.41, 5.74) is 0. The lowest BCUT2D eigenvalue weighted by Gasteiger charge is -2.12. The fourth-order valence-corrected chi connectivity index (χ4v) is 3.52. The SMILES string of the molecule is O=S(=O)(Oc1c(Cl)cc(Cl)cc1Cl)c1ccc(OC(F)(F)F)cc1. The first-order valence-electron chi connectivity index (χ1n) is 5.93. The van der Waals surface area contributed by atoms with Crippen molar-refractivity contribution in [2.24, 2.45) is 0 Å². The molecule has 2 aromatic carbocycles. The van der Waals surface area contributed by atoms with Gasteiger partial charge in [-0.3, -0.25) is 0 Å². The minimum absolute atomic E-state index is 0.145. The first-order valence-corrected chi connectivity index (χ1v) is 8.47. The monoisotopic (exact) mass is 420 g/mol. The molecule has 4 nitrogen and oxygen atoms in total. The van der Waals surface area contributed by atoms with Crippen LogP contribution in [0.3, 0.4) is 0 Å². The Morgan fingerprint density at radius 1 is 0.917 bits per heavy atom. The summed E-state index contributed by atoms with van der Waals surface area (Å²) < 4.78 is 69.0. The molecule has 0 N–H and O–H groups in total. The number of hydrogen-bond donors (Lipinski definition) is 0. The van der Waals surface area contributed by atoms with Crippen molar-refractivity contribution in [3.63, 3.8) is 0 Å². The van der Waals surface area contributed by atoms with Crippen molar-refractivity contribution in [1.82, 2.24) is 0 Å². The van der Waals surface area contributed by atoms with Gasteiger partial charge in [-0.1, -0.05) is 34.8 Å². The highest BCUT2D eigenvalue weighted by atomic mass is 35.5. The van der Waals surface area contributed by atoms with Crippen LogP contribution in [0.15, 0.2) is 41.3 Å². The lowest BCUT2D eigenvalue weighted by Crippen LogP contribution is -2.17. The minimum atomic E-state index is -4.89. The van der Waals surface area contributed by atoms with Crippen molar-refractivity contribution in [1.29, 1.82) is 0 Å². The summed E-state index contributed by atoms with van der Waals surface area (Å²) in [6.45, 7) is 0. The van der Waals surface area contributed by atoms with Crippen LogP contribution in [-0.4, -0.2) is 14.8 Å². The van der Waals surface area contributed by atoms with Gasteiger partial charge in [-0.15, -0.1) is 13.2 Å². The van der Waals surface area contributed by atoms with Gasteiger partial charge in [0.2, 0.25) is 0 Å². The van der Waals surface area contributed by atoms with Crippen LogP contribution in [0.2, 0.25) is 15.1 Å². The molecule has 0 spiro atoms. The first kappa shape index (κ1) is 19.0. The molecule has 0 amide bonds. The van der Waals surface area contributed by atoms with E-state index in [4.69, 9.17) is 39.0 Å². The van der Waals surface area contributed by atoms with Gasteiger partial charge in [0, 0.05) is 5.02 Å². The maximum absolute atomic E-state index is 12.2. The molecule has 0 saturated heterocycles. The summed E-state index contributed by atoms with van der Waals surface area (Å²) in [6.07, 6.45) is -4.89. The van der Waals surface area contributed by atoms with E-state index in [0.29, 0.717) is 0 Å². The summed E-state index contributed by atoms with van der Waals surface area (Å²) in [4.78, 5) is -0.417. The largest absolute Gasteiger partial charge is 0.573 e. The van der Waals surface area contributed by atoms with E-state index in [1.807, 2.05) is 0 Å². The molecule has 2 rings (SSSR count). The summed E-state index contributed by atoms with van der Waals surface area (Å²) in [5, 5.41) is -0.121. The standard InChI is InChI=1S/C13H6Cl3F3O4S/c14-7-5-10(15)12(11(16)6-7)23-24(20,21)9-3-1-8(2-4-9)22-13(17,18)19/h1-6H. The van der Waals surface area contributed by atoms with Crippen molar-refractivity contribution in [2.45, 2.75) is 11.3 Å². The van der Waals surface area contributed by atoms with Gasteiger partial charge < -0.3 is 8.92 Å². The Morgan fingerprint density at radius 3 is 1.88 bits per heavy atom. The summed E-state index contributed by atoms with van der Waals surface area (Å²) in [6, 6.07) is 5.87. The number of alkyl halides is 3. The van der Waals surface area contributed by atoms with Crippen LogP contribution in [0.4, 0.5) is 13.2 Å². The van der Waals surface area contributed by atoms with Crippen LogP contribution >= 0.6 is 34.8 Å². The van der Waals surface area contributed by atoms with Crippen molar-refractivity contribution in [3.8, 4) is 11.5 Å². The average Bonchev–Trinajstić information content (AvgIpc) is 2.41. The molecule has 0 bridgehead atoms. The molecule has 0 atom stereocenters. The molecule has 0 unspecified atom stereocenters. The molecule has 130 valence electrons. The van der Waals surface area contributed by atoms with Crippen LogP contribution in [-0.2, 0) is 10.1 Å². The summed E-state index contributed by atoms with van der Waals surface area (Å²) in [7, 11) is -4.38. The fraction of sp³-hybridized carbons (Fsp3) is 0.0769. The molecule has 24 heavy (non-hydrogen) atoms. The Labute approximate surface area is 149 Å². The van der Waals surface area contributed by atoms with Gasteiger partial charge >= 0.3 is 16.5 Å². The van der Waals surface area contributed by atoms with Gasteiger partial charge in [-0.05, 0) is 36.4 Å². The van der Waals surface area contributed by atoms with E-state index < -0.39 is 27.1 Å². The van der Waals surface area contributed by atoms with E-state index in [9.17, 15) is 21.6 Å². The highest BCUT2D eigenvalue weighted by Gasteiger charge is 2.31. The van der Waals surface area contributed by atoms with Gasteiger partial charge in [0.1, 0.15) is 10.6 Å². The van der Waals surface area contributed by atoms with Crippen LogP contribution in [0.5, 0.6) is 11.5 Å². The normalized spacial score (nSPS) is 12.1. The Morgan fingerprint density at radius 2 is 1.42 bits per heavy atom. The molecule has 0 aromatic heterocycles. The second-order valence-electron chi connectivity index (χ2n) is 4.26. The maximum Gasteiger partial charge on any atom is 0.573 e. The average molecular weight is 422 g/mol. The molecule has 0 aliphatic heterocycles. The van der Waals surface area contributed by atoms with Crippen molar-refractivity contribution in [3.05, 3.63) is 51.5 Å². The van der Waals surface area contributed by atoms with Crippen molar-refractivity contribution < 1.29 is 30.5 Å². The van der Waals surface area contributed by atoms with Gasteiger partial charge in [0.25, 0.3) is 0 Å². The van der Waals surface area contributed by atoms with Gasteiger partial charge in [0.15, 0.2) is 5.75 Å². The second-order valence-corrected chi connectivity index (χ2v) is 7.05. The third-order valence-corrected chi connectivity index (χ3v) is 4.52. The minimum Gasteiger partial charge on any atom is -0.406 e. The molecule has 0 heterocycles. The number of ether oxygens (including phenoxy) is 1. The van der Waals surface area contributed by atoms with E-state index in [2.05, 4.69) is 4.74 Å². The van der Waals surface area contributed by atoms with Crippen LogP contribution in [0.1, 0.15) is 0 Å². The van der Waals surface area contributed by atoms with Crippen molar-refractivity contribution >= 4 is 44.9 Å². The molecule has 0 aliphatic carbocycles. The van der Waals surface area contributed by atoms with Crippen LogP contribution in [0, 0.1) is 0 Å². The van der Waals surface area contributed by atoms with E-state index in [-0.39, 0.29) is 20.8 Å². The lowest BCUT2D eigenvalue weighted by atomic mass is 10.3. The number of halogens is 6. The molecule has 0 aliphatic rings. The Hall–Kier alpha value is -1.35. The zero-order valence-electron chi connectivity index (χ0n) is 11.3. The highest BCUT2D eigenvalue weighted by molar-refractivity contribution is 7.87. The molecular weight excluding hydrogens is 416 g/mol. The van der Waals surface area contributed by atoms with Gasteiger partial charge in [-0.2, -0.15) is 8.42 Å². The van der Waals surface area contributed by atoms with Crippen molar-refractivity contribution in [2.75, 3.05) is 0 Å². The smallest absolute Gasteiger partial charge is 0.406 e. The Bertz CT molecular complexity index is 829. The second kappa shape index (κ2) is 6.87. The number of hydrogen-bond acceptors (Lipinski definition) is 4. The molecule has 0 radical (unpaired) electrons. The van der Waals surface area contributed by atoms with E-state index in [1.54, 1.807) is 0 Å². The molecule has 0 saturated carbocycles. The third kappa shape index (κ3) is 4.83. The summed E-state index contributed by atoms with van der Waals surface area (Å²) in [5.74, 6) is -0.928.